The van der Waals surface area contributed by atoms with Crippen LogP contribution in [0.1, 0.15) is 98.1 Å². The van der Waals surface area contributed by atoms with E-state index in [-0.39, 0.29) is 33.0 Å². The lowest BCUT2D eigenvalue weighted by molar-refractivity contribution is -0.0917. The van der Waals surface area contributed by atoms with Gasteiger partial charge >= 0.3 is 11.4 Å². The maximum absolute atomic E-state index is 16.1. The third-order valence-corrected chi connectivity index (χ3v) is 14.5. The summed E-state index contributed by atoms with van der Waals surface area (Å²) in [5.74, 6) is -1.13. The Bertz CT molecular complexity index is 3230. The van der Waals surface area contributed by atoms with Crippen LogP contribution in [0.3, 0.4) is 0 Å². The molecular weight excluding hydrogens is 846 g/mol. The number of aromatic amines is 1. The zero-order chi connectivity index (χ0) is 44.6. The van der Waals surface area contributed by atoms with E-state index in [0.717, 1.165) is 24.1 Å². The fourth-order valence-corrected chi connectivity index (χ4v) is 10.8. The molecule has 1 saturated heterocycles. The Morgan fingerprint density at radius 3 is 2.59 bits per heavy atom. The summed E-state index contributed by atoms with van der Waals surface area (Å²) in [6.45, 7) is 10.0. The number of carbonyl (C=O) groups is 1. The van der Waals surface area contributed by atoms with Gasteiger partial charge in [0.05, 0.1) is 61.8 Å². The number of aromatic nitrogens is 9. The number of rotatable bonds is 7. The minimum absolute atomic E-state index is 0.0252. The predicted molar refractivity (Wildman–Crippen MR) is 232 cm³/mol. The number of H-pyrrole nitrogens is 1. The van der Waals surface area contributed by atoms with Crippen LogP contribution in [-0.4, -0.2) is 73.0 Å². The fraction of sp³-hybridized carbons (Fsp3) is 0.391. The first-order chi connectivity index (χ1) is 30.6. The van der Waals surface area contributed by atoms with Crippen LogP contribution in [0, 0.1) is 23.0 Å². The van der Waals surface area contributed by atoms with Crippen molar-refractivity contribution in [3.05, 3.63) is 133 Å². The Balaban J connectivity index is 1.03. The maximum atomic E-state index is 16.1. The molecular formula is C46H45ClF2N10O5. The molecule has 8 heterocycles. The summed E-state index contributed by atoms with van der Waals surface area (Å²) >= 11 is 6.32. The highest BCUT2D eigenvalue weighted by Crippen LogP contribution is 2.56. The van der Waals surface area contributed by atoms with Crippen LogP contribution in [0.5, 0.6) is 0 Å². The van der Waals surface area contributed by atoms with Crippen molar-refractivity contribution in [1.29, 1.82) is 0 Å². The Labute approximate surface area is 369 Å². The zero-order valence-electron chi connectivity index (χ0n) is 35.9. The second-order valence-corrected chi connectivity index (χ2v) is 19.0. The second-order valence-electron chi connectivity index (χ2n) is 18.6. The number of imidazole rings is 1. The third-order valence-electron chi connectivity index (χ3n) is 14.2. The number of halogens is 3. The Morgan fingerprint density at radius 1 is 1.06 bits per heavy atom. The number of nitrogens with zero attached hydrogens (tertiary/aromatic N) is 9. The summed E-state index contributed by atoms with van der Waals surface area (Å²) in [5, 5.41) is 13.4. The minimum Gasteiger partial charge on any atom is -0.376 e. The van der Waals surface area contributed by atoms with Gasteiger partial charge in [0.25, 0.3) is 5.91 Å². The lowest BCUT2D eigenvalue weighted by Gasteiger charge is -2.45. The molecule has 0 spiro atoms. The van der Waals surface area contributed by atoms with E-state index >= 15 is 9.18 Å². The van der Waals surface area contributed by atoms with Gasteiger partial charge in [-0.3, -0.25) is 28.1 Å². The first kappa shape index (κ1) is 40.4. The highest BCUT2D eigenvalue weighted by Gasteiger charge is 2.55. The van der Waals surface area contributed by atoms with Gasteiger partial charge in [0.15, 0.2) is 11.6 Å². The lowest BCUT2D eigenvalue weighted by Crippen LogP contribution is -2.42. The van der Waals surface area contributed by atoms with E-state index in [1.54, 1.807) is 22.7 Å². The topological polar surface area (TPSA) is 156 Å². The number of nitrogens with one attached hydrogen (secondary N) is 1. The molecule has 0 radical (unpaired) electrons. The molecule has 3 aliphatic heterocycles. The molecule has 7 aromatic rings. The quantitative estimate of drug-likeness (QED) is 0.176. The molecule has 64 heavy (non-hydrogen) atoms. The molecule has 3 atom stereocenters. The van der Waals surface area contributed by atoms with Crippen LogP contribution < -0.4 is 11.4 Å². The van der Waals surface area contributed by atoms with Crippen molar-refractivity contribution >= 4 is 34.5 Å². The molecule has 0 bridgehead atoms. The number of hydrogen-bond acceptors (Lipinski definition) is 8. The molecule has 1 saturated carbocycles. The van der Waals surface area contributed by atoms with Crippen molar-refractivity contribution in [1.82, 2.24) is 48.3 Å². The monoisotopic (exact) mass is 890 g/mol. The van der Waals surface area contributed by atoms with E-state index in [4.69, 9.17) is 26.0 Å². The van der Waals surface area contributed by atoms with Crippen molar-refractivity contribution in [2.24, 2.45) is 18.4 Å². The average Bonchev–Trinajstić information content (AvgIpc) is 3.71. The van der Waals surface area contributed by atoms with Crippen LogP contribution >= 0.6 is 11.6 Å². The Kier molecular flexibility index (Phi) is 8.90. The first-order valence-corrected chi connectivity index (χ1v) is 21.9. The smallest absolute Gasteiger partial charge is 0.376 e. The summed E-state index contributed by atoms with van der Waals surface area (Å²) in [4.78, 5) is 47.0. The number of amides is 1. The molecule has 2 fully saturated rings. The lowest BCUT2D eigenvalue weighted by atomic mass is 9.68. The van der Waals surface area contributed by atoms with Crippen LogP contribution in [0.4, 0.5) is 8.78 Å². The summed E-state index contributed by atoms with van der Waals surface area (Å²) < 4.78 is 49.6. The van der Waals surface area contributed by atoms with Crippen molar-refractivity contribution in [2.75, 3.05) is 13.2 Å². The largest absolute Gasteiger partial charge is 0.438 e. The summed E-state index contributed by atoms with van der Waals surface area (Å²) in [6, 6.07) is 6.74. The van der Waals surface area contributed by atoms with Crippen LogP contribution in [-0.2, 0) is 30.2 Å². The minimum atomic E-state index is -0.747. The number of fused-ring (bicyclic) bond motifs is 3. The zero-order valence-corrected chi connectivity index (χ0v) is 36.6. The van der Waals surface area contributed by atoms with Crippen LogP contribution in [0.25, 0.3) is 34.2 Å². The highest BCUT2D eigenvalue weighted by molar-refractivity contribution is 6.30. The van der Waals surface area contributed by atoms with Gasteiger partial charge < -0.3 is 14.2 Å². The van der Waals surface area contributed by atoms with E-state index in [1.165, 1.54) is 56.7 Å². The van der Waals surface area contributed by atoms with E-state index < -0.39 is 34.5 Å². The third kappa shape index (κ3) is 6.06. The van der Waals surface area contributed by atoms with Gasteiger partial charge in [-0.1, -0.05) is 29.8 Å². The summed E-state index contributed by atoms with van der Waals surface area (Å²) in [7, 11) is 1.71. The molecule has 1 aliphatic carbocycles. The molecule has 4 aliphatic rings. The molecule has 1 unspecified atom stereocenters. The van der Waals surface area contributed by atoms with Crippen LogP contribution in [0.2, 0.25) is 5.02 Å². The normalized spacial score (nSPS) is 22.2. The van der Waals surface area contributed by atoms with Gasteiger partial charge in [-0.25, -0.2) is 23.1 Å². The number of aryl methyl sites for hydroxylation is 1. The molecule has 1 amide bonds. The van der Waals surface area contributed by atoms with Crippen molar-refractivity contribution in [2.45, 2.75) is 83.4 Å². The molecule has 1 N–H and O–H groups in total. The molecule has 5 aromatic heterocycles. The summed E-state index contributed by atoms with van der Waals surface area (Å²) in [6.07, 6.45) is 14.2. The number of allylic oxidation sites excluding steroid dienone is 1. The van der Waals surface area contributed by atoms with E-state index in [2.05, 4.69) is 52.7 Å². The van der Waals surface area contributed by atoms with E-state index in [0.29, 0.717) is 84.5 Å². The van der Waals surface area contributed by atoms with E-state index in [1.807, 2.05) is 13.1 Å². The standard InChI is InChI=1S/C46H45ClF2N10O5/c1-25-36-32(52-59(27-6-7-31(48)30(47)20-27)39(36)58-18-17-57(43(58)62)35-9-8-33-28(38(35)49)22-50-54(33)5)11-16-56(25)40(60)29-23-55-24-45(4,26-12-19-63-44(2,3)21-26)13-10-34(55)37(29)46(14-15-46)41-51-42(61)64-53-41/h6-10,13,17-18,20,22-23,25-26H,11-12,14-16,19,21,24H2,1-5H3,(H,51,53,61)/t25-,26+,45?/m0/s1. The highest BCUT2D eigenvalue weighted by atomic mass is 35.5. The van der Waals surface area contributed by atoms with Gasteiger partial charge in [0, 0.05) is 74.0 Å². The Hall–Kier alpha value is -6.33. The molecule has 11 rings (SSSR count). The van der Waals surface area contributed by atoms with Crippen LogP contribution in [0.15, 0.2) is 75.3 Å². The summed E-state index contributed by atoms with van der Waals surface area (Å²) in [5.41, 5.74) is 2.51. The van der Waals surface area contributed by atoms with Crippen molar-refractivity contribution < 1.29 is 22.8 Å². The Morgan fingerprint density at radius 2 is 1.86 bits per heavy atom. The number of hydrogen-bond donors (Lipinski definition) is 1. The van der Waals surface area contributed by atoms with E-state index in [9.17, 15) is 14.0 Å². The molecule has 2 aromatic carbocycles. The second kappa shape index (κ2) is 14.1. The SMILES string of the molecule is C[C@H]1c2c(nn(-c3ccc(F)c(Cl)c3)c2-n2ccn(-c3ccc4c(cnn4C)c3F)c2=O)CCN1C(=O)c1cn2c(c1C1(c3noc(=O)[nH]3)CC1)C=CC(C)([C@@H]1CCOC(C)(C)C1)C2. The number of ether oxygens (including phenoxy) is 1. The predicted octanol–water partition coefficient (Wildman–Crippen LogP) is 7.19. The molecule has 15 nitrogen and oxygen atoms in total. The van der Waals surface area contributed by atoms with Gasteiger partial charge in [0.1, 0.15) is 11.6 Å². The molecule has 330 valence electrons. The number of carbonyl (C=O) groups excluding carboxylic acids is 1. The first-order valence-electron chi connectivity index (χ1n) is 21.5. The van der Waals surface area contributed by atoms with Gasteiger partial charge in [-0.15, -0.1) is 0 Å². The maximum Gasteiger partial charge on any atom is 0.438 e. The number of benzene rings is 2. The fourth-order valence-electron chi connectivity index (χ4n) is 10.7. The average molecular weight is 891 g/mol. The van der Waals surface area contributed by atoms with Gasteiger partial charge in [-0.05, 0) is 88.8 Å². The molecule has 18 heteroatoms. The van der Waals surface area contributed by atoms with Crippen molar-refractivity contribution in [3.63, 3.8) is 0 Å². The van der Waals surface area contributed by atoms with Crippen molar-refractivity contribution in [3.8, 4) is 17.2 Å². The van der Waals surface area contributed by atoms with Gasteiger partial charge in [0.2, 0.25) is 0 Å². The van der Waals surface area contributed by atoms with Gasteiger partial charge in [-0.2, -0.15) is 10.2 Å².